The Labute approximate surface area is 85.7 Å². The van der Waals surface area contributed by atoms with Crippen LogP contribution in [0.4, 0.5) is 0 Å². The van der Waals surface area contributed by atoms with E-state index in [2.05, 4.69) is 26.7 Å². The number of ether oxygens (including phenoxy) is 1. The molecule has 74 valence electrons. The Morgan fingerprint density at radius 1 is 1.53 bits per heavy atom. The Balaban J connectivity index is 2.35. The van der Waals surface area contributed by atoms with Gasteiger partial charge in [-0.2, -0.15) is 5.10 Å². The van der Waals surface area contributed by atoms with E-state index in [1.165, 1.54) is 7.11 Å². The van der Waals surface area contributed by atoms with E-state index in [9.17, 15) is 4.79 Å². The normalized spacial score (nSPS) is 9.40. The Kier molecular flexibility index (Phi) is 2.33. The number of nitrogens with zero attached hydrogens (tertiary/aromatic N) is 3. The molecule has 0 spiro atoms. The summed E-state index contributed by atoms with van der Waals surface area (Å²) in [5.41, 5.74) is 1.23. The van der Waals surface area contributed by atoms with Gasteiger partial charge in [-0.25, -0.2) is 14.3 Å². The summed E-state index contributed by atoms with van der Waals surface area (Å²) < 4.78 is 5.97. The monoisotopic (exact) mass is 201 g/mol. The number of imidazole rings is 1. The zero-order valence-electron chi connectivity index (χ0n) is 7.97. The molecule has 0 amide bonds. The molecule has 5 nitrogen and oxygen atoms in total. The van der Waals surface area contributed by atoms with Gasteiger partial charge in [-0.05, 0) is 18.1 Å². The highest BCUT2D eigenvalue weighted by atomic mass is 16.5. The number of hydrogen-bond donors (Lipinski definition) is 0. The van der Waals surface area contributed by atoms with Crippen LogP contribution in [0.25, 0.3) is 5.65 Å². The third-order valence-electron chi connectivity index (χ3n) is 1.73. The minimum absolute atomic E-state index is 0.492. The molecule has 5 heteroatoms. The first-order valence-corrected chi connectivity index (χ1v) is 4.20. The summed E-state index contributed by atoms with van der Waals surface area (Å²) in [6.07, 6.45) is 3.35. The Morgan fingerprint density at radius 3 is 3.20 bits per heavy atom. The summed E-state index contributed by atoms with van der Waals surface area (Å²) in [4.78, 5) is 14.8. The van der Waals surface area contributed by atoms with Crippen molar-refractivity contribution < 1.29 is 9.53 Å². The number of carbonyl (C=O) groups excluding carboxylic acids is 1. The van der Waals surface area contributed by atoms with E-state index in [1.54, 1.807) is 29.0 Å². The van der Waals surface area contributed by atoms with Gasteiger partial charge in [0.2, 0.25) is 0 Å². The van der Waals surface area contributed by atoms with E-state index in [0.717, 1.165) is 5.65 Å². The van der Waals surface area contributed by atoms with E-state index in [4.69, 9.17) is 0 Å². The van der Waals surface area contributed by atoms with Crippen molar-refractivity contribution in [2.75, 3.05) is 7.11 Å². The van der Waals surface area contributed by atoms with E-state index < -0.39 is 5.97 Å². The van der Waals surface area contributed by atoms with Gasteiger partial charge in [0.15, 0.2) is 5.65 Å². The number of rotatable bonds is 0. The molecule has 2 aromatic rings. The smallest absolute Gasteiger partial charge is 0.384 e. The molecule has 0 saturated heterocycles. The lowest BCUT2D eigenvalue weighted by Crippen LogP contribution is -1.96. The number of carbonyl (C=O) groups is 1. The molecular formula is C10H7N3O2. The predicted octanol–water partition coefficient (Wildman–Crippen LogP) is 0.254. The Hall–Kier alpha value is -2.35. The summed E-state index contributed by atoms with van der Waals surface area (Å²) in [6, 6.07) is 3.46. The highest BCUT2D eigenvalue weighted by Gasteiger charge is 1.96. The second-order valence-corrected chi connectivity index (χ2v) is 2.69. The van der Waals surface area contributed by atoms with Gasteiger partial charge in [0, 0.05) is 18.3 Å². The van der Waals surface area contributed by atoms with Crippen LogP contribution >= 0.6 is 0 Å². The van der Waals surface area contributed by atoms with Crippen molar-refractivity contribution in [1.82, 2.24) is 14.6 Å². The third kappa shape index (κ3) is 1.94. The van der Waals surface area contributed by atoms with Gasteiger partial charge in [-0.15, -0.1) is 0 Å². The minimum atomic E-state index is -0.581. The molecule has 0 saturated carbocycles. The van der Waals surface area contributed by atoms with Crippen LogP contribution < -0.4 is 0 Å². The standard InChI is InChI=1S/C10H7N3O2/c1-15-10(14)5-3-8-2-4-9-11-6-7-13(9)12-8/h2,4,6-7H,1H3. The maximum absolute atomic E-state index is 10.8. The van der Waals surface area contributed by atoms with Crippen LogP contribution in [0.2, 0.25) is 0 Å². The molecule has 2 aromatic heterocycles. The fraction of sp³-hybridized carbons (Fsp3) is 0.100. The molecule has 0 atom stereocenters. The second kappa shape index (κ2) is 3.80. The molecule has 15 heavy (non-hydrogen) atoms. The summed E-state index contributed by atoms with van der Waals surface area (Å²) in [6.45, 7) is 0. The quantitative estimate of drug-likeness (QED) is 0.453. The SMILES string of the molecule is COC(=O)C#Cc1ccc2nccn2n1. The van der Waals surface area contributed by atoms with Crippen LogP contribution in [0.5, 0.6) is 0 Å². The maximum atomic E-state index is 10.8. The molecule has 0 N–H and O–H groups in total. The number of aromatic nitrogens is 3. The molecule has 0 aliphatic heterocycles. The highest BCUT2D eigenvalue weighted by molar-refractivity contribution is 5.88. The molecule has 0 aromatic carbocycles. The summed E-state index contributed by atoms with van der Waals surface area (Å²) in [7, 11) is 1.28. The molecule has 2 rings (SSSR count). The second-order valence-electron chi connectivity index (χ2n) is 2.69. The minimum Gasteiger partial charge on any atom is -0.459 e. The van der Waals surface area contributed by atoms with Crippen molar-refractivity contribution >= 4 is 11.6 Å². The zero-order valence-corrected chi connectivity index (χ0v) is 7.97. The van der Waals surface area contributed by atoms with Crippen LogP contribution in [-0.4, -0.2) is 27.7 Å². The fourth-order valence-corrected chi connectivity index (χ4v) is 1.05. The average Bonchev–Trinajstić information content (AvgIpc) is 2.72. The highest BCUT2D eigenvalue weighted by Crippen LogP contribution is 1.98. The molecule has 0 unspecified atom stereocenters. The lowest BCUT2D eigenvalue weighted by atomic mass is 10.4. The van der Waals surface area contributed by atoms with Crippen molar-refractivity contribution in [1.29, 1.82) is 0 Å². The van der Waals surface area contributed by atoms with Gasteiger partial charge in [-0.1, -0.05) is 0 Å². The lowest BCUT2D eigenvalue weighted by Gasteiger charge is -1.92. The van der Waals surface area contributed by atoms with E-state index in [-0.39, 0.29) is 0 Å². The predicted molar refractivity (Wildman–Crippen MR) is 51.9 cm³/mol. The van der Waals surface area contributed by atoms with Gasteiger partial charge in [0.25, 0.3) is 0 Å². The van der Waals surface area contributed by atoms with Crippen LogP contribution in [0.1, 0.15) is 5.69 Å². The van der Waals surface area contributed by atoms with Crippen LogP contribution in [-0.2, 0) is 9.53 Å². The molecule has 2 heterocycles. The zero-order chi connectivity index (χ0) is 10.7. The van der Waals surface area contributed by atoms with Crippen molar-refractivity contribution in [3.8, 4) is 11.8 Å². The molecule has 0 radical (unpaired) electrons. The first kappa shape index (κ1) is 9.21. The van der Waals surface area contributed by atoms with Gasteiger partial charge in [0.1, 0.15) is 5.69 Å². The Morgan fingerprint density at radius 2 is 2.40 bits per heavy atom. The molecule has 0 bridgehead atoms. The molecular weight excluding hydrogens is 194 g/mol. The lowest BCUT2D eigenvalue weighted by molar-refractivity contribution is -0.133. The number of fused-ring (bicyclic) bond motifs is 1. The fourth-order valence-electron chi connectivity index (χ4n) is 1.05. The van der Waals surface area contributed by atoms with Gasteiger partial charge in [0.05, 0.1) is 7.11 Å². The topological polar surface area (TPSA) is 56.5 Å². The van der Waals surface area contributed by atoms with Crippen LogP contribution in [0, 0.1) is 11.8 Å². The molecule has 0 fully saturated rings. The van der Waals surface area contributed by atoms with E-state index in [0.29, 0.717) is 5.69 Å². The first-order chi connectivity index (χ1) is 7.29. The number of esters is 1. The van der Waals surface area contributed by atoms with Crippen LogP contribution in [0.15, 0.2) is 24.5 Å². The maximum Gasteiger partial charge on any atom is 0.384 e. The van der Waals surface area contributed by atoms with Crippen molar-refractivity contribution in [3.63, 3.8) is 0 Å². The van der Waals surface area contributed by atoms with Crippen molar-refractivity contribution in [2.45, 2.75) is 0 Å². The molecule has 0 aliphatic carbocycles. The van der Waals surface area contributed by atoms with Gasteiger partial charge < -0.3 is 4.74 Å². The largest absolute Gasteiger partial charge is 0.459 e. The summed E-state index contributed by atoms with van der Waals surface area (Å²) in [5, 5.41) is 4.11. The first-order valence-electron chi connectivity index (χ1n) is 4.20. The van der Waals surface area contributed by atoms with Gasteiger partial charge >= 0.3 is 5.97 Å². The van der Waals surface area contributed by atoms with Gasteiger partial charge in [-0.3, -0.25) is 0 Å². The third-order valence-corrected chi connectivity index (χ3v) is 1.73. The van der Waals surface area contributed by atoms with E-state index >= 15 is 0 Å². The number of methoxy groups -OCH3 is 1. The summed E-state index contributed by atoms with van der Waals surface area (Å²) >= 11 is 0. The average molecular weight is 201 g/mol. The number of hydrogen-bond acceptors (Lipinski definition) is 4. The van der Waals surface area contributed by atoms with Crippen LogP contribution in [0.3, 0.4) is 0 Å². The van der Waals surface area contributed by atoms with E-state index in [1.807, 2.05) is 0 Å². The van der Waals surface area contributed by atoms with Crippen molar-refractivity contribution in [3.05, 3.63) is 30.2 Å². The Bertz CT molecular complexity index is 563. The molecule has 0 aliphatic rings. The van der Waals surface area contributed by atoms with Crippen molar-refractivity contribution in [2.24, 2.45) is 0 Å². The summed E-state index contributed by atoms with van der Waals surface area (Å²) in [5.74, 6) is 4.31.